The Bertz CT molecular complexity index is 469. The van der Waals surface area contributed by atoms with Gasteiger partial charge in [-0.2, -0.15) is 0 Å². The van der Waals surface area contributed by atoms with Crippen LogP contribution in [0.1, 0.15) is 33.1 Å². The molecule has 0 radical (unpaired) electrons. The molecule has 5 heteroatoms. The maximum atomic E-state index is 11.8. The van der Waals surface area contributed by atoms with Gasteiger partial charge in [0.2, 0.25) is 0 Å². The maximum absolute atomic E-state index is 11.8. The summed E-state index contributed by atoms with van der Waals surface area (Å²) in [6, 6.07) is 6.95. The molecule has 0 aliphatic heterocycles. The van der Waals surface area contributed by atoms with Crippen molar-refractivity contribution in [2.24, 2.45) is 0 Å². The van der Waals surface area contributed by atoms with Crippen molar-refractivity contribution in [3.05, 3.63) is 24.3 Å². The second kappa shape index (κ2) is 7.75. The van der Waals surface area contributed by atoms with Gasteiger partial charge in [-0.25, -0.2) is 8.42 Å². The molecule has 0 saturated heterocycles. The van der Waals surface area contributed by atoms with Gasteiger partial charge in [-0.3, -0.25) is 0 Å². The predicted molar refractivity (Wildman–Crippen MR) is 81.8 cm³/mol. The third-order valence-corrected chi connectivity index (χ3v) is 4.95. The Kier molecular flexibility index (Phi) is 6.66. The van der Waals surface area contributed by atoms with Gasteiger partial charge in [-0.15, -0.1) is 11.6 Å². The first-order chi connectivity index (χ1) is 8.95. The fourth-order valence-electron chi connectivity index (χ4n) is 1.78. The molecule has 0 spiro atoms. The number of benzene rings is 1. The lowest BCUT2D eigenvalue weighted by Gasteiger charge is -2.08. The molecule has 1 N–H and O–H groups in total. The number of hydrogen-bond acceptors (Lipinski definition) is 3. The van der Waals surface area contributed by atoms with Crippen LogP contribution in [0.5, 0.6) is 0 Å². The van der Waals surface area contributed by atoms with E-state index in [0.717, 1.165) is 25.1 Å². The van der Waals surface area contributed by atoms with E-state index in [9.17, 15) is 8.42 Å². The SMILES string of the molecule is CCCS(=O)(=O)c1ccc(NCCCC(C)Cl)cc1. The van der Waals surface area contributed by atoms with E-state index in [-0.39, 0.29) is 11.1 Å². The van der Waals surface area contributed by atoms with E-state index in [1.807, 2.05) is 26.0 Å². The zero-order chi connectivity index (χ0) is 14.3. The van der Waals surface area contributed by atoms with Crippen LogP contribution in [0.4, 0.5) is 5.69 Å². The summed E-state index contributed by atoms with van der Waals surface area (Å²) in [7, 11) is -3.11. The minimum absolute atomic E-state index is 0.198. The van der Waals surface area contributed by atoms with Crippen LogP contribution < -0.4 is 5.32 Å². The van der Waals surface area contributed by atoms with E-state index >= 15 is 0 Å². The van der Waals surface area contributed by atoms with E-state index in [1.165, 1.54) is 0 Å². The molecule has 0 heterocycles. The van der Waals surface area contributed by atoms with Gasteiger partial charge >= 0.3 is 0 Å². The number of rotatable bonds is 8. The summed E-state index contributed by atoms with van der Waals surface area (Å²) in [5, 5.41) is 3.45. The number of nitrogens with one attached hydrogen (secondary N) is 1. The van der Waals surface area contributed by atoms with Gasteiger partial charge in [0.1, 0.15) is 0 Å². The molecule has 3 nitrogen and oxygen atoms in total. The Morgan fingerprint density at radius 1 is 1.26 bits per heavy atom. The van der Waals surface area contributed by atoms with Gasteiger partial charge in [0, 0.05) is 17.6 Å². The van der Waals surface area contributed by atoms with Gasteiger partial charge in [-0.05, 0) is 50.5 Å². The van der Waals surface area contributed by atoms with E-state index < -0.39 is 9.84 Å². The highest BCUT2D eigenvalue weighted by atomic mass is 35.5. The number of alkyl halides is 1. The molecule has 0 fully saturated rings. The normalized spacial score (nSPS) is 13.2. The molecule has 1 aromatic carbocycles. The minimum atomic E-state index is -3.11. The second-order valence-electron chi connectivity index (χ2n) is 4.69. The van der Waals surface area contributed by atoms with Crippen molar-refractivity contribution < 1.29 is 8.42 Å². The summed E-state index contributed by atoms with van der Waals surface area (Å²) in [6.45, 7) is 4.69. The molecule has 1 rings (SSSR count). The third kappa shape index (κ3) is 5.83. The average molecular weight is 304 g/mol. The number of halogens is 1. The molecule has 108 valence electrons. The molecule has 0 aliphatic carbocycles. The Labute approximate surface area is 121 Å². The largest absolute Gasteiger partial charge is 0.385 e. The first kappa shape index (κ1) is 16.3. The van der Waals surface area contributed by atoms with Crippen molar-refractivity contribution >= 4 is 27.1 Å². The summed E-state index contributed by atoms with van der Waals surface area (Å²) >= 11 is 5.87. The van der Waals surface area contributed by atoms with Crippen molar-refractivity contribution in [2.45, 2.75) is 43.4 Å². The van der Waals surface area contributed by atoms with E-state index in [0.29, 0.717) is 11.3 Å². The lowest BCUT2D eigenvalue weighted by Crippen LogP contribution is -2.07. The summed E-state index contributed by atoms with van der Waals surface area (Å²) in [5.74, 6) is 0.202. The second-order valence-corrected chi connectivity index (χ2v) is 7.55. The maximum Gasteiger partial charge on any atom is 0.178 e. The van der Waals surface area contributed by atoms with Crippen molar-refractivity contribution in [3.63, 3.8) is 0 Å². The molecule has 1 unspecified atom stereocenters. The molecule has 0 saturated carbocycles. The van der Waals surface area contributed by atoms with Gasteiger partial charge in [0.25, 0.3) is 0 Å². The monoisotopic (exact) mass is 303 g/mol. The van der Waals surface area contributed by atoms with Gasteiger partial charge in [0.15, 0.2) is 9.84 Å². The molecule has 0 amide bonds. The van der Waals surface area contributed by atoms with Crippen LogP contribution in [0.2, 0.25) is 0 Å². The summed E-state index contributed by atoms with van der Waals surface area (Å²) < 4.78 is 23.7. The average Bonchev–Trinajstić information content (AvgIpc) is 2.35. The van der Waals surface area contributed by atoms with Crippen molar-refractivity contribution in [3.8, 4) is 0 Å². The molecule has 0 bridgehead atoms. The Morgan fingerprint density at radius 2 is 1.89 bits per heavy atom. The van der Waals surface area contributed by atoms with Crippen molar-refractivity contribution in [1.29, 1.82) is 0 Å². The molecule has 1 atom stereocenters. The van der Waals surface area contributed by atoms with Gasteiger partial charge in [0.05, 0.1) is 10.6 Å². The van der Waals surface area contributed by atoms with E-state index in [1.54, 1.807) is 12.1 Å². The van der Waals surface area contributed by atoms with Gasteiger partial charge < -0.3 is 5.32 Å². The molecule has 19 heavy (non-hydrogen) atoms. The fraction of sp³-hybridized carbons (Fsp3) is 0.571. The smallest absolute Gasteiger partial charge is 0.178 e. The molecule has 0 aliphatic rings. The van der Waals surface area contributed by atoms with Crippen LogP contribution in [-0.2, 0) is 9.84 Å². The number of hydrogen-bond donors (Lipinski definition) is 1. The molecule has 0 aromatic heterocycles. The lowest BCUT2D eigenvalue weighted by molar-refractivity contribution is 0.595. The Morgan fingerprint density at radius 3 is 2.42 bits per heavy atom. The van der Waals surface area contributed by atoms with Crippen molar-refractivity contribution in [1.82, 2.24) is 0 Å². The Hall–Kier alpha value is -0.740. The molecule has 1 aromatic rings. The quantitative estimate of drug-likeness (QED) is 0.588. The van der Waals surface area contributed by atoms with Gasteiger partial charge in [-0.1, -0.05) is 6.92 Å². The summed E-state index contributed by atoms with van der Waals surface area (Å²) in [4.78, 5) is 0.397. The third-order valence-electron chi connectivity index (χ3n) is 2.79. The zero-order valence-electron chi connectivity index (χ0n) is 11.5. The first-order valence-corrected chi connectivity index (χ1v) is 8.75. The standard InChI is InChI=1S/C14H22ClNO2S/c1-3-11-19(17,18)14-8-6-13(7-9-14)16-10-4-5-12(2)15/h6-9,12,16H,3-5,10-11H2,1-2H3. The fourth-order valence-corrected chi connectivity index (χ4v) is 3.26. The summed E-state index contributed by atoms with van der Waals surface area (Å²) in [6.07, 6.45) is 2.61. The van der Waals surface area contributed by atoms with Crippen LogP contribution in [0.3, 0.4) is 0 Å². The predicted octanol–water partition coefficient (Wildman–Crippen LogP) is 3.69. The van der Waals surface area contributed by atoms with E-state index in [2.05, 4.69) is 5.32 Å². The highest BCUT2D eigenvalue weighted by Gasteiger charge is 2.12. The number of anilines is 1. The topological polar surface area (TPSA) is 46.2 Å². The van der Waals surface area contributed by atoms with Crippen LogP contribution in [0.25, 0.3) is 0 Å². The lowest BCUT2D eigenvalue weighted by atomic mass is 10.2. The first-order valence-electron chi connectivity index (χ1n) is 6.66. The Balaban J connectivity index is 2.52. The number of sulfone groups is 1. The highest BCUT2D eigenvalue weighted by Crippen LogP contribution is 2.16. The van der Waals surface area contributed by atoms with Crippen LogP contribution in [0, 0.1) is 0 Å². The summed E-state index contributed by atoms with van der Waals surface area (Å²) in [5.41, 5.74) is 0.942. The van der Waals surface area contributed by atoms with E-state index in [4.69, 9.17) is 11.6 Å². The molecular weight excluding hydrogens is 282 g/mol. The van der Waals surface area contributed by atoms with Crippen molar-refractivity contribution in [2.75, 3.05) is 17.6 Å². The van der Waals surface area contributed by atoms with Crippen LogP contribution >= 0.6 is 11.6 Å². The van der Waals surface area contributed by atoms with Crippen LogP contribution in [-0.4, -0.2) is 26.1 Å². The molecular formula is C14H22ClNO2S. The van der Waals surface area contributed by atoms with Crippen LogP contribution in [0.15, 0.2) is 29.2 Å². The zero-order valence-corrected chi connectivity index (χ0v) is 13.1. The highest BCUT2D eigenvalue weighted by molar-refractivity contribution is 7.91. The minimum Gasteiger partial charge on any atom is -0.385 e.